The van der Waals surface area contributed by atoms with Crippen molar-refractivity contribution >= 4 is 5.91 Å². The molecule has 3 saturated heterocycles. The molecule has 1 amide bonds. The molecule has 3 fully saturated rings. The fourth-order valence-electron chi connectivity index (χ4n) is 4.91. The zero-order valence-electron chi connectivity index (χ0n) is 13.7. The third-order valence-electron chi connectivity index (χ3n) is 6.16. The Labute approximate surface area is 133 Å². The highest BCUT2D eigenvalue weighted by molar-refractivity contribution is 5.97. The first kappa shape index (κ1) is 14.3. The van der Waals surface area contributed by atoms with E-state index in [1.807, 2.05) is 0 Å². The molecule has 0 aromatic rings. The van der Waals surface area contributed by atoms with Gasteiger partial charge in [0.25, 0.3) is 5.91 Å². The highest BCUT2D eigenvalue weighted by atomic mass is 16.2. The number of carbonyl (C=O) groups is 1. The lowest BCUT2D eigenvalue weighted by molar-refractivity contribution is -0.131. The highest BCUT2D eigenvalue weighted by Gasteiger charge is 2.43. The monoisotopic (exact) mass is 298 g/mol. The van der Waals surface area contributed by atoms with Crippen molar-refractivity contribution in [3.05, 3.63) is 35.6 Å². The van der Waals surface area contributed by atoms with E-state index < -0.39 is 0 Å². The van der Waals surface area contributed by atoms with Crippen molar-refractivity contribution in [1.29, 1.82) is 0 Å². The molecule has 3 heteroatoms. The van der Waals surface area contributed by atoms with E-state index in [9.17, 15) is 4.79 Å². The molecule has 3 atom stereocenters. The molecule has 4 heterocycles. The van der Waals surface area contributed by atoms with Gasteiger partial charge >= 0.3 is 0 Å². The van der Waals surface area contributed by atoms with Crippen LogP contribution in [-0.4, -0.2) is 41.4 Å². The minimum Gasteiger partial charge on any atom is -0.311 e. The van der Waals surface area contributed by atoms with Crippen molar-refractivity contribution < 1.29 is 4.79 Å². The van der Waals surface area contributed by atoms with Gasteiger partial charge < -0.3 is 9.80 Å². The zero-order chi connectivity index (χ0) is 15.3. The van der Waals surface area contributed by atoms with Crippen LogP contribution in [0.3, 0.4) is 0 Å². The van der Waals surface area contributed by atoms with Crippen molar-refractivity contribution in [2.75, 3.05) is 19.6 Å². The Balaban J connectivity index is 1.67. The van der Waals surface area contributed by atoms with Crippen molar-refractivity contribution in [3.63, 3.8) is 0 Å². The second-order valence-corrected chi connectivity index (χ2v) is 7.35. The molecule has 2 unspecified atom stereocenters. The molecule has 0 N–H and O–H groups in total. The molecular formula is C19H26N2O. The van der Waals surface area contributed by atoms with Crippen LogP contribution < -0.4 is 0 Å². The molecule has 1 aliphatic carbocycles. The fraction of sp³-hybridized carbons (Fsp3) is 0.632. The zero-order valence-corrected chi connectivity index (χ0v) is 13.7. The van der Waals surface area contributed by atoms with Gasteiger partial charge in [-0.15, -0.1) is 0 Å². The number of amides is 1. The maximum Gasteiger partial charge on any atom is 0.254 e. The number of piperidine rings is 3. The molecule has 0 aromatic heterocycles. The Bertz CT molecular complexity index is 566. The van der Waals surface area contributed by atoms with Gasteiger partial charge in [0.1, 0.15) is 0 Å². The Morgan fingerprint density at radius 2 is 2.05 bits per heavy atom. The van der Waals surface area contributed by atoms with Gasteiger partial charge in [0.15, 0.2) is 0 Å². The smallest absolute Gasteiger partial charge is 0.254 e. The fourth-order valence-corrected chi connectivity index (χ4v) is 4.91. The quantitative estimate of drug-likeness (QED) is 0.782. The average Bonchev–Trinajstić information content (AvgIpc) is 2.58. The molecule has 0 radical (unpaired) electrons. The maximum absolute atomic E-state index is 13.1. The summed E-state index contributed by atoms with van der Waals surface area (Å²) < 4.78 is 0. The first-order chi connectivity index (χ1) is 10.7. The molecule has 0 aromatic carbocycles. The van der Waals surface area contributed by atoms with Crippen LogP contribution >= 0.6 is 0 Å². The van der Waals surface area contributed by atoms with E-state index in [4.69, 9.17) is 0 Å². The summed E-state index contributed by atoms with van der Waals surface area (Å²) in [5, 5.41) is 0. The van der Waals surface area contributed by atoms with Crippen LogP contribution in [0.5, 0.6) is 0 Å². The summed E-state index contributed by atoms with van der Waals surface area (Å²) >= 11 is 0. The van der Waals surface area contributed by atoms with E-state index in [1.165, 1.54) is 31.5 Å². The number of allylic oxidation sites excluding steroid dienone is 4. The Morgan fingerprint density at radius 1 is 1.27 bits per heavy atom. The summed E-state index contributed by atoms with van der Waals surface area (Å²) in [6, 6.07) is 0.387. The molecule has 22 heavy (non-hydrogen) atoms. The molecule has 0 saturated carbocycles. The van der Waals surface area contributed by atoms with Gasteiger partial charge in [-0.05, 0) is 56.7 Å². The normalized spacial score (nSPS) is 40.4. The van der Waals surface area contributed by atoms with E-state index >= 15 is 0 Å². The lowest BCUT2D eigenvalue weighted by Crippen LogP contribution is -2.58. The van der Waals surface area contributed by atoms with Crippen LogP contribution in [0.2, 0.25) is 0 Å². The lowest BCUT2D eigenvalue weighted by atomic mass is 9.73. The van der Waals surface area contributed by atoms with Gasteiger partial charge in [-0.3, -0.25) is 4.79 Å². The third-order valence-corrected chi connectivity index (χ3v) is 6.16. The standard InChI is InChI=1S/C19H26N2O/c1-3-14-5-4-6-16-18(14)13(2)11-21(19(16)22)17-12-20-9-7-15(17)8-10-20/h4-6,11,14-15,17-18H,3,7-10,12H2,1-2H3/t14?,17-,18?/m1/s1. The molecule has 5 rings (SSSR count). The summed E-state index contributed by atoms with van der Waals surface area (Å²) in [5.74, 6) is 1.74. The molecule has 118 valence electrons. The number of hydrogen-bond acceptors (Lipinski definition) is 2. The summed E-state index contributed by atoms with van der Waals surface area (Å²) in [5.41, 5.74) is 2.38. The van der Waals surface area contributed by atoms with Crippen molar-refractivity contribution in [2.45, 2.75) is 39.2 Å². The Hall–Kier alpha value is -1.35. The highest BCUT2D eigenvalue weighted by Crippen LogP contribution is 2.41. The molecule has 0 spiro atoms. The second-order valence-electron chi connectivity index (χ2n) is 7.35. The molecule has 3 nitrogen and oxygen atoms in total. The van der Waals surface area contributed by atoms with Crippen LogP contribution in [0.15, 0.2) is 35.6 Å². The number of nitrogens with zero attached hydrogens (tertiary/aromatic N) is 2. The predicted molar refractivity (Wildman–Crippen MR) is 88.0 cm³/mol. The summed E-state index contributed by atoms with van der Waals surface area (Å²) in [7, 11) is 0. The van der Waals surface area contributed by atoms with E-state index in [0.29, 0.717) is 23.8 Å². The first-order valence-electron chi connectivity index (χ1n) is 8.80. The largest absolute Gasteiger partial charge is 0.311 e. The Morgan fingerprint density at radius 3 is 2.68 bits per heavy atom. The van der Waals surface area contributed by atoms with Crippen LogP contribution in [0.4, 0.5) is 0 Å². The lowest BCUT2D eigenvalue weighted by Gasteiger charge is -2.50. The van der Waals surface area contributed by atoms with Crippen molar-refractivity contribution in [3.8, 4) is 0 Å². The molecule has 5 aliphatic rings. The van der Waals surface area contributed by atoms with Gasteiger partial charge in [-0.25, -0.2) is 0 Å². The minimum absolute atomic E-state index is 0.261. The van der Waals surface area contributed by atoms with Gasteiger partial charge in [-0.2, -0.15) is 0 Å². The molecular weight excluding hydrogens is 272 g/mol. The van der Waals surface area contributed by atoms with E-state index in [1.54, 1.807) is 0 Å². The van der Waals surface area contributed by atoms with Gasteiger partial charge in [0.2, 0.25) is 0 Å². The average molecular weight is 298 g/mol. The van der Waals surface area contributed by atoms with E-state index in [0.717, 1.165) is 18.5 Å². The van der Waals surface area contributed by atoms with Crippen molar-refractivity contribution in [1.82, 2.24) is 9.80 Å². The number of fused-ring (bicyclic) bond motifs is 4. The van der Waals surface area contributed by atoms with E-state index in [-0.39, 0.29) is 5.91 Å². The summed E-state index contributed by atoms with van der Waals surface area (Å²) in [6.07, 6.45) is 12.2. The summed E-state index contributed by atoms with van der Waals surface area (Å²) in [6.45, 7) is 7.93. The van der Waals surface area contributed by atoms with Gasteiger partial charge in [-0.1, -0.05) is 25.2 Å². The van der Waals surface area contributed by atoms with Crippen LogP contribution in [-0.2, 0) is 4.79 Å². The molecule has 4 aliphatic heterocycles. The third kappa shape index (κ3) is 2.10. The van der Waals surface area contributed by atoms with Crippen molar-refractivity contribution in [2.24, 2.45) is 17.8 Å². The van der Waals surface area contributed by atoms with Gasteiger partial charge in [0, 0.05) is 24.2 Å². The number of hydrogen-bond donors (Lipinski definition) is 0. The predicted octanol–water partition coefficient (Wildman–Crippen LogP) is 2.97. The number of carbonyl (C=O) groups excluding carboxylic acids is 1. The Kier molecular flexibility index (Phi) is 3.48. The second kappa shape index (κ2) is 5.38. The van der Waals surface area contributed by atoms with Crippen LogP contribution in [0, 0.1) is 17.8 Å². The maximum atomic E-state index is 13.1. The van der Waals surface area contributed by atoms with E-state index in [2.05, 4.69) is 48.1 Å². The number of rotatable bonds is 2. The summed E-state index contributed by atoms with van der Waals surface area (Å²) in [4.78, 5) is 17.7. The van der Waals surface area contributed by atoms with Gasteiger partial charge in [0.05, 0.1) is 6.04 Å². The molecule has 2 bridgehead atoms. The minimum atomic E-state index is 0.261. The first-order valence-corrected chi connectivity index (χ1v) is 8.80. The topological polar surface area (TPSA) is 23.6 Å². The van der Waals surface area contributed by atoms with Crippen LogP contribution in [0.1, 0.15) is 33.1 Å². The van der Waals surface area contributed by atoms with Crippen LogP contribution in [0.25, 0.3) is 0 Å². The SMILES string of the molecule is CCC1C=CC=C2C(=O)N([C@@H]3CN4CCC3CC4)C=C(C)C21.